The van der Waals surface area contributed by atoms with Gasteiger partial charge in [0.15, 0.2) is 0 Å². The van der Waals surface area contributed by atoms with Gasteiger partial charge in [-0.25, -0.2) is 0 Å². The van der Waals surface area contributed by atoms with Crippen LogP contribution in [-0.2, 0) is 4.79 Å². The molecule has 0 aliphatic rings. The van der Waals surface area contributed by atoms with E-state index in [4.69, 9.17) is 5.41 Å². The molecule has 52 valence electrons. The average molecular weight is 129 g/mol. The highest BCUT2D eigenvalue weighted by atomic mass is 16.4. The van der Waals surface area contributed by atoms with Crippen LogP contribution in [0.1, 0.15) is 13.8 Å². The van der Waals surface area contributed by atoms with Crippen molar-refractivity contribution >= 4 is 11.9 Å². The molecule has 0 unspecified atom stereocenters. The van der Waals surface area contributed by atoms with Gasteiger partial charge in [0, 0.05) is 5.41 Å². The van der Waals surface area contributed by atoms with Crippen LogP contribution in [0.2, 0.25) is 0 Å². The highest BCUT2D eigenvalue weighted by Crippen LogP contribution is 2.11. The lowest BCUT2D eigenvalue weighted by Gasteiger charge is -2.29. The van der Waals surface area contributed by atoms with Crippen LogP contribution >= 0.6 is 0 Å². The summed E-state index contributed by atoms with van der Waals surface area (Å²) in [5, 5.41) is 26.6. The number of aliphatic carboxylic acids is 1. The van der Waals surface area contributed by atoms with Crippen molar-refractivity contribution in [2.24, 2.45) is 5.41 Å². The van der Waals surface area contributed by atoms with Crippen molar-refractivity contribution in [1.82, 2.24) is 0 Å². The lowest BCUT2D eigenvalue weighted by Crippen LogP contribution is -2.48. The summed E-state index contributed by atoms with van der Waals surface area (Å²) in [5.41, 5.74) is -1.67. The molecule has 0 aromatic rings. The zero-order valence-electron chi connectivity index (χ0n) is 5.22. The SMILES string of the molecule is CC(C)(C(=N)[O-])C(=O)[O-]. The van der Waals surface area contributed by atoms with Gasteiger partial charge in [-0.05, 0) is 5.90 Å². The number of carboxylic acid groups (broad SMARTS) is 1. The summed E-state index contributed by atoms with van der Waals surface area (Å²) in [5.74, 6) is -2.65. The Morgan fingerprint density at radius 2 is 1.78 bits per heavy atom. The third-order valence-electron chi connectivity index (χ3n) is 1.08. The number of carboxylic acids is 1. The Hall–Kier alpha value is -1.06. The Morgan fingerprint density at radius 1 is 1.44 bits per heavy atom. The monoisotopic (exact) mass is 129 g/mol. The first-order valence-corrected chi connectivity index (χ1v) is 2.36. The molecular weight excluding hydrogens is 122 g/mol. The standard InChI is InChI=1S/C5H9NO3/c1-5(2,3(6)7)4(8)9/h1-2H3,(H2,6,7)(H,8,9)/p-2. The summed E-state index contributed by atoms with van der Waals surface area (Å²) >= 11 is 0. The molecule has 0 bridgehead atoms. The average Bonchev–Trinajstić information content (AvgIpc) is 1.65. The summed E-state index contributed by atoms with van der Waals surface area (Å²) in [7, 11) is 0. The quantitative estimate of drug-likeness (QED) is 0.349. The summed E-state index contributed by atoms with van der Waals surface area (Å²) in [6.07, 6.45) is 0. The molecule has 0 amide bonds. The first kappa shape index (κ1) is 7.94. The Bertz CT molecular complexity index is 134. The minimum absolute atomic E-state index is 1.14. The highest BCUT2D eigenvalue weighted by Gasteiger charge is 2.17. The second-order valence-electron chi connectivity index (χ2n) is 2.24. The minimum atomic E-state index is -1.67. The molecule has 4 nitrogen and oxygen atoms in total. The molecule has 0 aromatic heterocycles. The van der Waals surface area contributed by atoms with Crippen LogP contribution < -0.4 is 10.2 Å². The third-order valence-corrected chi connectivity index (χ3v) is 1.08. The van der Waals surface area contributed by atoms with Crippen LogP contribution in [0.4, 0.5) is 0 Å². The second-order valence-corrected chi connectivity index (χ2v) is 2.24. The fourth-order valence-corrected chi connectivity index (χ4v) is 0.0927. The molecule has 0 fully saturated rings. The summed E-state index contributed by atoms with van der Waals surface area (Å²) in [6, 6.07) is 0. The molecule has 0 heterocycles. The first-order valence-electron chi connectivity index (χ1n) is 2.36. The molecule has 0 saturated heterocycles. The fraction of sp³-hybridized carbons (Fsp3) is 0.600. The zero-order valence-corrected chi connectivity index (χ0v) is 5.22. The van der Waals surface area contributed by atoms with Gasteiger partial charge in [0.2, 0.25) is 0 Å². The topological polar surface area (TPSA) is 87.0 Å². The van der Waals surface area contributed by atoms with E-state index in [1.165, 1.54) is 0 Å². The van der Waals surface area contributed by atoms with E-state index < -0.39 is 17.3 Å². The maximum absolute atomic E-state index is 10.2. The van der Waals surface area contributed by atoms with Gasteiger partial charge in [-0.1, -0.05) is 13.8 Å². The van der Waals surface area contributed by atoms with Crippen LogP contribution in [0.5, 0.6) is 0 Å². The Kier molecular flexibility index (Phi) is 1.80. The van der Waals surface area contributed by atoms with E-state index >= 15 is 0 Å². The number of hydrogen-bond acceptors (Lipinski definition) is 4. The Labute approximate surface area is 52.6 Å². The van der Waals surface area contributed by atoms with Crippen molar-refractivity contribution in [3.63, 3.8) is 0 Å². The molecule has 4 heteroatoms. The van der Waals surface area contributed by atoms with Gasteiger partial charge in [0.25, 0.3) is 0 Å². The van der Waals surface area contributed by atoms with Crippen molar-refractivity contribution in [3.8, 4) is 0 Å². The van der Waals surface area contributed by atoms with Crippen molar-refractivity contribution < 1.29 is 15.0 Å². The van der Waals surface area contributed by atoms with Gasteiger partial charge in [0.05, 0.1) is 5.97 Å². The molecule has 0 rings (SSSR count). The minimum Gasteiger partial charge on any atom is -0.862 e. The maximum Gasteiger partial charge on any atom is 0.0517 e. The summed E-state index contributed by atoms with van der Waals surface area (Å²) in [6.45, 7) is 2.27. The molecular formula is C5H7NO3-2. The second kappa shape index (κ2) is 2.05. The maximum atomic E-state index is 10.2. The van der Waals surface area contributed by atoms with E-state index in [2.05, 4.69) is 0 Å². The van der Waals surface area contributed by atoms with E-state index in [0.29, 0.717) is 0 Å². The Balaban J connectivity index is 4.38. The van der Waals surface area contributed by atoms with Crippen molar-refractivity contribution in [2.75, 3.05) is 0 Å². The number of carbonyl (C=O) groups excluding carboxylic acids is 1. The molecule has 0 aliphatic heterocycles. The molecule has 9 heavy (non-hydrogen) atoms. The van der Waals surface area contributed by atoms with E-state index in [1.54, 1.807) is 0 Å². The van der Waals surface area contributed by atoms with Gasteiger partial charge in [-0.15, -0.1) is 0 Å². The van der Waals surface area contributed by atoms with Crippen molar-refractivity contribution in [3.05, 3.63) is 0 Å². The van der Waals surface area contributed by atoms with Gasteiger partial charge in [-0.3, -0.25) is 0 Å². The van der Waals surface area contributed by atoms with E-state index in [0.717, 1.165) is 13.8 Å². The van der Waals surface area contributed by atoms with Crippen molar-refractivity contribution in [1.29, 1.82) is 5.41 Å². The predicted molar refractivity (Wildman–Crippen MR) is 26.5 cm³/mol. The van der Waals surface area contributed by atoms with Gasteiger partial charge in [-0.2, -0.15) is 0 Å². The van der Waals surface area contributed by atoms with E-state index in [-0.39, 0.29) is 0 Å². The Morgan fingerprint density at radius 3 is 1.78 bits per heavy atom. The normalized spacial score (nSPS) is 10.9. The molecule has 0 atom stereocenters. The van der Waals surface area contributed by atoms with Crippen LogP contribution in [0.15, 0.2) is 0 Å². The highest BCUT2D eigenvalue weighted by molar-refractivity contribution is 5.96. The van der Waals surface area contributed by atoms with Crippen LogP contribution in [0.25, 0.3) is 0 Å². The number of carbonyl (C=O) groups is 1. The third kappa shape index (κ3) is 1.42. The molecule has 0 saturated carbocycles. The van der Waals surface area contributed by atoms with E-state index in [9.17, 15) is 15.0 Å². The molecule has 0 radical (unpaired) electrons. The first-order chi connectivity index (χ1) is 3.89. The lowest BCUT2D eigenvalue weighted by molar-refractivity contribution is -0.319. The summed E-state index contributed by atoms with van der Waals surface area (Å²) in [4.78, 5) is 10.0. The van der Waals surface area contributed by atoms with E-state index in [1.807, 2.05) is 0 Å². The smallest absolute Gasteiger partial charge is 0.0517 e. The fourth-order valence-electron chi connectivity index (χ4n) is 0.0927. The van der Waals surface area contributed by atoms with Crippen LogP contribution in [0, 0.1) is 10.8 Å². The largest absolute Gasteiger partial charge is 0.862 e. The molecule has 0 aliphatic carbocycles. The summed E-state index contributed by atoms with van der Waals surface area (Å²) < 4.78 is 0. The molecule has 1 N–H and O–H groups in total. The number of rotatable bonds is 2. The van der Waals surface area contributed by atoms with Gasteiger partial charge < -0.3 is 20.4 Å². The number of nitrogens with one attached hydrogen (secondary N) is 1. The van der Waals surface area contributed by atoms with Crippen LogP contribution in [0.3, 0.4) is 0 Å². The lowest BCUT2D eigenvalue weighted by atomic mass is 9.94. The predicted octanol–water partition coefficient (Wildman–Crippen LogP) is -1.90. The van der Waals surface area contributed by atoms with Crippen LogP contribution in [-0.4, -0.2) is 11.9 Å². The molecule has 0 spiro atoms. The van der Waals surface area contributed by atoms with Gasteiger partial charge >= 0.3 is 0 Å². The zero-order chi connectivity index (χ0) is 7.65. The van der Waals surface area contributed by atoms with Gasteiger partial charge in [0.1, 0.15) is 0 Å². The van der Waals surface area contributed by atoms with Crippen molar-refractivity contribution in [2.45, 2.75) is 13.8 Å². The number of hydrogen-bond donors (Lipinski definition) is 1. The molecule has 0 aromatic carbocycles.